The van der Waals surface area contributed by atoms with Gasteiger partial charge in [0.2, 0.25) is 0 Å². The molecule has 0 radical (unpaired) electrons. The summed E-state index contributed by atoms with van der Waals surface area (Å²) < 4.78 is 0. The molecular weight excluding hydrogens is 182 g/mol. The van der Waals surface area contributed by atoms with Crippen molar-refractivity contribution in [1.82, 2.24) is 4.90 Å². The van der Waals surface area contributed by atoms with E-state index in [0.29, 0.717) is 0 Å². The highest BCUT2D eigenvalue weighted by molar-refractivity contribution is 5.15. The first-order valence-electron chi connectivity index (χ1n) is 5.62. The van der Waals surface area contributed by atoms with Crippen molar-refractivity contribution in [3.05, 3.63) is 35.9 Å². The van der Waals surface area contributed by atoms with Crippen LogP contribution in [0.4, 0.5) is 0 Å². The second-order valence-electron chi connectivity index (χ2n) is 3.71. The summed E-state index contributed by atoms with van der Waals surface area (Å²) in [6.45, 7) is 4.16. The van der Waals surface area contributed by atoms with E-state index in [2.05, 4.69) is 42.1 Å². The number of benzene rings is 1. The van der Waals surface area contributed by atoms with Gasteiger partial charge in [-0.1, -0.05) is 50.1 Å². The molecule has 1 aromatic rings. The van der Waals surface area contributed by atoms with E-state index in [0.717, 1.165) is 19.5 Å². The normalized spacial score (nSPS) is 9.60. The average Bonchev–Trinajstić information content (AvgIpc) is 2.31. The maximum absolute atomic E-state index is 5.45. The van der Waals surface area contributed by atoms with Crippen LogP contribution in [0.15, 0.2) is 30.3 Å². The third kappa shape index (κ3) is 4.56. The largest absolute Gasteiger partial charge is 0.333 e. The molecule has 0 fully saturated rings. The Morgan fingerprint density at radius 3 is 2.53 bits per heavy atom. The molecule has 0 N–H and O–H groups in total. The molecule has 15 heavy (non-hydrogen) atoms. The predicted octanol–water partition coefficient (Wildman–Crippen LogP) is 2.92. The molecule has 0 atom stereocenters. The second kappa shape index (κ2) is 6.95. The van der Waals surface area contributed by atoms with E-state index in [1.807, 2.05) is 6.07 Å². The molecule has 1 heteroatoms. The summed E-state index contributed by atoms with van der Waals surface area (Å²) in [5.41, 5.74) is 1.36. The van der Waals surface area contributed by atoms with Crippen LogP contribution in [0.5, 0.6) is 0 Å². The van der Waals surface area contributed by atoms with Gasteiger partial charge in [-0.15, -0.1) is 0 Å². The topological polar surface area (TPSA) is 3.24 Å². The molecule has 0 saturated heterocycles. The standard InChI is InChI=1S/C14H19N/c1-3-5-12-15(4-2)13-11-14-9-7-6-8-10-14/h2,6-10H,3,5,11-13H2,1H3. The molecule has 0 aliphatic carbocycles. The predicted molar refractivity (Wildman–Crippen MR) is 65.5 cm³/mol. The summed E-state index contributed by atoms with van der Waals surface area (Å²) in [6.07, 6.45) is 8.87. The van der Waals surface area contributed by atoms with Crippen molar-refractivity contribution in [2.45, 2.75) is 26.2 Å². The molecule has 1 aromatic carbocycles. The Balaban J connectivity index is 2.32. The van der Waals surface area contributed by atoms with Gasteiger partial charge in [-0.05, 0) is 18.4 Å². The van der Waals surface area contributed by atoms with Gasteiger partial charge in [-0.2, -0.15) is 0 Å². The van der Waals surface area contributed by atoms with Crippen molar-refractivity contribution in [3.8, 4) is 12.5 Å². The highest BCUT2D eigenvalue weighted by Gasteiger charge is 1.99. The lowest BCUT2D eigenvalue weighted by molar-refractivity contribution is 0.393. The van der Waals surface area contributed by atoms with Crippen LogP contribution in [0.2, 0.25) is 0 Å². The van der Waals surface area contributed by atoms with Gasteiger partial charge in [-0.3, -0.25) is 0 Å². The number of unbranched alkanes of at least 4 members (excludes halogenated alkanes) is 1. The van der Waals surface area contributed by atoms with Crippen molar-refractivity contribution in [2.24, 2.45) is 0 Å². The fraction of sp³-hybridized carbons (Fsp3) is 0.429. The van der Waals surface area contributed by atoms with Crippen LogP contribution in [0.3, 0.4) is 0 Å². The van der Waals surface area contributed by atoms with Crippen LogP contribution in [0.25, 0.3) is 0 Å². The van der Waals surface area contributed by atoms with E-state index in [4.69, 9.17) is 6.42 Å². The number of rotatable bonds is 6. The molecule has 0 unspecified atom stereocenters. The van der Waals surface area contributed by atoms with Gasteiger partial charge >= 0.3 is 0 Å². The summed E-state index contributed by atoms with van der Waals surface area (Å²) in [5.74, 6) is 0. The molecule has 0 aromatic heterocycles. The number of nitrogens with zero attached hydrogens (tertiary/aromatic N) is 1. The molecule has 0 aliphatic rings. The monoisotopic (exact) mass is 201 g/mol. The summed E-state index contributed by atoms with van der Waals surface area (Å²) in [5, 5.41) is 0. The van der Waals surface area contributed by atoms with Gasteiger partial charge in [0.25, 0.3) is 0 Å². The maximum Gasteiger partial charge on any atom is 0.0300 e. The lowest BCUT2D eigenvalue weighted by atomic mass is 10.1. The van der Waals surface area contributed by atoms with Crippen LogP contribution in [0.1, 0.15) is 25.3 Å². The smallest absolute Gasteiger partial charge is 0.0300 e. The highest BCUT2D eigenvalue weighted by Crippen LogP contribution is 2.01. The molecule has 0 heterocycles. The van der Waals surface area contributed by atoms with Crippen molar-refractivity contribution in [2.75, 3.05) is 13.1 Å². The summed E-state index contributed by atoms with van der Waals surface area (Å²) in [4.78, 5) is 2.07. The molecule has 80 valence electrons. The fourth-order valence-corrected chi connectivity index (χ4v) is 1.50. The van der Waals surface area contributed by atoms with Gasteiger partial charge in [0.1, 0.15) is 0 Å². The van der Waals surface area contributed by atoms with E-state index in [9.17, 15) is 0 Å². The molecular formula is C14H19N. The lowest BCUT2D eigenvalue weighted by Crippen LogP contribution is -2.21. The Kier molecular flexibility index (Phi) is 5.40. The van der Waals surface area contributed by atoms with Crippen molar-refractivity contribution in [3.63, 3.8) is 0 Å². The number of hydrogen-bond acceptors (Lipinski definition) is 1. The minimum absolute atomic E-state index is 0.959. The summed E-state index contributed by atoms with van der Waals surface area (Å²) in [7, 11) is 0. The van der Waals surface area contributed by atoms with Gasteiger partial charge < -0.3 is 4.90 Å². The van der Waals surface area contributed by atoms with Gasteiger partial charge in [-0.25, -0.2) is 0 Å². The fourth-order valence-electron chi connectivity index (χ4n) is 1.50. The van der Waals surface area contributed by atoms with Gasteiger partial charge in [0.05, 0.1) is 0 Å². The molecule has 1 rings (SSSR count). The first kappa shape index (κ1) is 11.7. The Labute approximate surface area is 93.1 Å². The minimum Gasteiger partial charge on any atom is -0.333 e. The molecule has 0 saturated carbocycles. The minimum atomic E-state index is 0.959. The Hall–Kier alpha value is -1.42. The van der Waals surface area contributed by atoms with Crippen LogP contribution in [-0.4, -0.2) is 18.0 Å². The Bertz CT molecular complexity index is 297. The third-order valence-electron chi connectivity index (χ3n) is 2.48. The molecule has 0 amide bonds. The zero-order chi connectivity index (χ0) is 10.9. The molecule has 0 spiro atoms. The van der Waals surface area contributed by atoms with Crippen LogP contribution in [0, 0.1) is 12.5 Å². The SMILES string of the molecule is C#CN(CCCC)CCc1ccccc1. The Morgan fingerprint density at radius 1 is 1.20 bits per heavy atom. The van der Waals surface area contributed by atoms with Crippen LogP contribution in [-0.2, 0) is 6.42 Å². The van der Waals surface area contributed by atoms with Crippen LogP contribution < -0.4 is 0 Å². The average molecular weight is 201 g/mol. The van der Waals surface area contributed by atoms with Crippen LogP contribution >= 0.6 is 0 Å². The molecule has 0 bridgehead atoms. The highest BCUT2D eigenvalue weighted by atomic mass is 15.1. The zero-order valence-corrected chi connectivity index (χ0v) is 9.45. The third-order valence-corrected chi connectivity index (χ3v) is 2.48. The first-order chi connectivity index (χ1) is 7.36. The van der Waals surface area contributed by atoms with E-state index < -0.39 is 0 Å². The number of terminal acetylenes is 1. The van der Waals surface area contributed by atoms with Gasteiger partial charge in [0, 0.05) is 19.1 Å². The second-order valence-corrected chi connectivity index (χ2v) is 3.71. The van der Waals surface area contributed by atoms with E-state index in [1.165, 1.54) is 18.4 Å². The first-order valence-corrected chi connectivity index (χ1v) is 5.62. The van der Waals surface area contributed by atoms with E-state index in [1.54, 1.807) is 0 Å². The Morgan fingerprint density at radius 2 is 1.93 bits per heavy atom. The molecule has 1 nitrogen and oxygen atoms in total. The number of hydrogen-bond donors (Lipinski definition) is 0. The summed E-state index contributed by atoms with van der Waals surface area (Å²) in [6, 6.07) is 13.2. The van der Waals surface area contributed by atoms with E-state index in [-0.39, 0.29) is 0 Å². The zero-order valence-electron chi connectivity index (χ0n) is 9.45. The van der Waals surface area contributed by atoms with Crippen molar-refractivity contribution in [1.29, 1.82) is 0 Å². The molecule has 0 aliphatic heterocycles. The maximum atomic E-state index is 5.45. The van der Waals surface area contributed by atoms with Crippen molar-refractivity contribution < 1.29 is 0 Å². The summed E-state index contributed by atoms with van der Waals surface area (Å²) >= 11 is 0. The van der Waals surface area contributed by atoms with E-state index >= 15 is 0 Å². The lowest BCUT2D eigenvalue weighted by Gasteiger charge is -2.16. The van der Waals surface area contributed by atoms with Crippen molar-refractivity contribution >= 4 is 0 Å². The van der Waals surface area contributed by atoms with Gasteiger partial charge in [0.15, 0.2) is 0 Å². The quantitative estimate of drug-likeness (QED) is 0.505.